The van der Waals surface area contributed by atoms with Crippen molar-refractivity contribution in [3.63, 3.8) is 0 Å². The summed E-state index contributed by atoms with van der Waals surface area (Å²) in [6.07, 6.45) is 4.53. The van der Waals surface area contributed by atoms with Crippen molar-refractivity contribution in [1.29, 1.82) is 0 Å². The number of nitroso groups, excluding NO2 is 1. The Bertz CT molecular complexity index is 113. The maximum absolute atomic E-state index is 9.66. The topological polar surface area (TPSA) is 38.7 Å². The molecule has 0 saturated heterocycles. The summed E-state index contributed by atoms with van der Waals surface area (Å²) in [5, 5.41) is 2.78. The van der Waals surface area contributed by atoms with E-state index in [0.29, 0.717) is 6.54 Å². The molecular weight excluding hydrogens is 142 g/mol. The van der Waals surface area contributed by atoms with E-state index in [-0.39, 0.29) is 0 Å². The molecule has 64 valence electrons. The second kappa shape index (κ2) is 5.24. The summed E-state index contributed by atoms with van der Waals surface area (Å²) in [5.41, 5.74) is 0. The molecule has 1 aliphatic rings. The van der Waals surface area contributed by atoms with E-state index in [9.17, 15) is 4.91 Å². The molecule has 0 amide bonds. The highest BCUT2D eigenvalue weighted by atomic mass is 16.5. The van der Waals surface area contributed by atoms with Crippen LogP contribution in [0, 0.1) is 10.8 Å². The molecule has 0 aromatic rings. The predicted molar refractivity (Wildman–Crippen MR) is 43.4 cm³/mol. The molecule has 0 spiro atoms. The van der Waals surface area contributed by atoms with Crippen molar-refractivity contribution in [2.24, 2.45) is 11.1 Å². The fraction of sp³-hybridized carbons (Fsp3) is 1.00. The molecule has 11 heavy (non-hydrogen) atoms. The minimum atomic E-state index is 0.437. The third-order valence-electron chi connectivity index (χ3n) is 1.84. The van der Waals surface area contributed by atoms with Gasteiger partial charge in [-0.05, 0) is 31.6 Å². The number of hydrogen-bond donors (Lipinski definition) is 0. The molecule has 3 nitrogen and oxygen atoms in total. The molecule has 0 unspecified atom stereocenters. The SMILES string of the molecule is O=NCCCCOCC1CC1. The molecule has 1 fully saturated rings. The smallest absolute Gasteiger partial charge is 0.0812 e. The number of hydrogen-bond acceptors (Lipinski definition) is 3. The van der Waals surface area contributed by atoms with Crippen LogP contribution < -0.4 is 0 Å². The van der Waals surface area contributed by atoms with Gasteiger partial charge in [0.05, 0.1) is 6.54 Å². The van der Waals surface area contributed by atoms with E-state index >= 15 is 0 Å². The summed E-state index contributed by atoms with van der Waals surface area (Å²) in [6.45, 7) is 2.16. The fourth-order valence-electron chi connectivity index (χ4n) is 0.915. The van der Waals surface area contributed by atoms with Crippen LogP contribution in [0.15, 0.2) is 5.18 Å². The second-order valence-corrected chi connectivity index (χ2v) is 3.08. The van der Waals surface area contributed by atoms with Crippen LogP contribution in [0.4, 0.5) is 0 Å². The lowest BCUT2D eigenvalue weighted by molar-refractivity contribution is 0.121. The van der Waals surface area contributed by atoms with Gasteiger partial charge in [0.2, 0.25) is 0 Å². The van der Waals surface area contributed by atoms with Crippen LogP contribution in [0.5, 0.6) is 0 Å². The van der Waals surface area contributed by atoms with Crippen LogP contribution >= 0.6 is 0 Å². The third-order valence-corrected chi connectivity index (χ3v) is 1.84. The standard InChI is InChI=1S/C8H15NO2/c10-9-5-1-2-6-11-7-8-3-4-8/h8H,1-7H2. The molecule has 1 rings (SSSR count). The highest BCUT2D eigenvalue weighted by Crippen LogP contribution is 2.28. The summed E-state index contributed by atoms with van der Waals surface area (Å²) in [4.78, 5) is 9.66. The molecule has 3 heteroatoms. The molecule has 0 N–H and O–H groups in total. The first kappa shape index (κ1) is 8.65. The Morgan fingerprint density at radius 3 is 2.82 bits per heavy atom. The second-order valence-electron chi connectivity index (χ2n) is 3.08. The zero-order chi connectivity index (χ0) is 7.94. The summed E-state index contributed by atoms with van der Waals surface area (Å²) >= 11 is 0. The Hall–Kier alpha value is -0.440. The highest BCUT2D eigenvalue weighted by molar-refractivity contribution is 4.71. The molecule has 1 saturated carbocycles. The Morgan fingerprint density at radius 2 is 2.18 bits per heavy atom. The normalized spacial score (nSPS) is 16.7. The minimum absolute atomic E-state index is 0.437. The number of ether oxygens (including phenoxy) is 1. The van der Waals surface area contributed by atoms with E-state index in [1.807, 2.05) is 0 Å². The number of rotatable bonds is 7. The first-order valence-electron chi connectivity index (χ1n) is 4.30. The highest BCUT2D eigenvalue weighted by Gasteiger charge is 2.20. The van der Waals surface area contributed by atoms with Gasteiger partial charge in [0.1, 0.15) is 0 Å². The first-order chi connectivity index (χ1) is 5.43. The maximum atomic E-state index is 9.66. The van der Waals surface area contributed by atoms with E-state index in [1.54, 1.807) is 0 Å². The summed E-state index contributed by atoms with van der Waals surface area (Å²) in [5.74, 6) is 0.846. The molecule has 0 radical (unpaired) electrons. The molecule has 0 aromatic heterocycles. The largest absolute Gasteiger partial charge is 0.381 e. The van der Waals surface area contributed by atoms with E-state index < -0.39 is 0 Å². The molecule has 1 aliphatic carbocycles. The molecular formula is C8H15NO2. The first-order valence-corrected chi connectivity index (χ1v) is 4.30. The van der Waals surface area contributed by atoms with Gasteiger partial charge in [-0.15, -0.1) is 0 Å². The Kier molecular flexibility index (Phi) is 4.12. The molecule has 0 aliphatic heterocycles. The average Bonchev–Trinajstić information content (AvgIpc) is 2.80. The Balaban J connectivity index is 1.69. The van der Waals surface area contributed by atoms with Crippen molar-refractivity contribution in [3.8, 4) is 0 Å². The van der Waals surface area contributed by atoms with Gasteiger partial charge in [0, 0.05) is 13.2 Å². The van der Waals surface area contributed by atoms with E-state index in [0.717, 1.165) is 32.0 Å². The van der Waals surface area contributed by atoms with E-state index in [2.05, 4.69) is 5.18 Å². The van der Waals surface area contributed by atoms with Gasteiger partial charge in [-0.25, -0.2) is 0 Å². The monoisotopic (exact) mass is 157 g/mol. The number of unbranched alkanes of at least 4 members (excludes halogenated alkanes) is 1. The van der Waals surface area contributed by atoms with Crippen LogP contribution in [-0.2, 0) is 4.74 Å². The maximum Gasteiger partial charge on any atom is 0.0812 e. The zero-order valence-electron chi connectivity index (χ0n) is 6.79. The quantitative estimate of drug-likeness (QED) is 0.418. The lowest BCUT2D eigenvalue weighted by atomic mass is 10.3. The lowest BCUT2D eigenvalue weighted by Crippen LogP contribution is -1.98. The predicted octanol–water partition coefficient (Wildman–Crippen LogP) is 1.96. The van der Waals surface area contributed by atoms with Crippen molar-refractivity contribution >= 4 is 0 Å². The van der Waals surface area contributed by atoms with Crippen molar-refractivity contribution in [2.45, 2.75) is 25.7 Å². The van der Waals surface area contributed by atoms with E-state index in [1.165, 1.54) is 12.8 Å². The lowest BCUT2D eigenvalue weighted by Gasteiger charge is -1.99. The van der Waals surface area contributed by atoms with Crippen molar-refractivity contribution in [3.05, 3.63) is 4.91 Å². The van der Waals surface area contributed by atoms with Gasteiger partial charge >= 0.3 is 0 Å². The van der Waals surface area contributed by atoms with Crippen LogP contribution in [0.25, 0.3) is 0 Å². The molecule has 0 heterocycles. The molecule has 0 atom stereocenters. The Labute approximate surface area is 67.1 Å². The third kappa shape index (κ3) is 4.90. The minimum Gasteiger partial charge on any atom is -0.381 e. The van der Waals surface area contributed by atoms with Crippen molar-refractivity contribution in [1.82, 2.24) is 0 Å². The summed E-state index contributed by atoms with van der Waals surface area (Å²) in [6, 6.07) is 0. The van der Waals surface area contributed by atoms with Gasteiger partial charge in [-0.3, -0.25) is 0 Å². The van der Waals surface area contributed by atoms with Crippen LogP contribution in [0.3, 0.4) is 0 Å². The fourth-order valence-corrected chi connectivity index (χ4v) is 0.915. The zero-order valence-corrected chi connectivity index (χ0v) is 6.79. The average molecular weight is 157 g/mol. The molecule has 0 bridgehead atoms. The van der Waals surface area contributed by atoms with Crippen LogP contribution in [0.2, 0.25) is 0 Å². The van der Waals surface area contributed by atoms with Gasteiger partial charge < -0.3 is 4.74 Å². The van der Waals surface area contributed by atoms with Crippen LogP contribution in [-0.4, -0.2) is 19.8 Å². The van der Waals surface area contributed by atoms with Gasteiger partial charge in [0.25, 0.3) is 0 Å². The van der Waals surface area contributed by atoms with Crippen molar-refractivity contribution in [2.75, 3.05) is 19.8 Å². The van der Waals surface area contributed by atoms with Crippen LogP contribution in [0.1, 0.15) is 25.7 Å². The van der Waals surface area contributed by atoms with Crippen molar-refractivity contribution < 1.29 is 4.74 Å². The summed E-state index contributed by atoms with van der Waals surface area (Å²) in [7, 11) is 0. The summed E-state index contributed by atoms with van der Waals surface area (Å²) < 4.78 is 5.36. The number of nitrogens with zero attached hydrogens (tertiary/aromatic N) is 1. The molecule has 0 aromatic carbocycles. The van der Waals surface area contributed by atoms with E-state index in [4.69, 9.17) is 4.74 Å². The van der Waals surface area contributed by atoms with Gasteiger partial charge in [-0.2, -0.15) is 4.91 Å². The van der Waals surface area contributed by atoms with Gasteiger partial charge in [-0.1, -0.05) is 5.18 Å². The Morgan fingerprint density at radius 1 is 1.36 bits per heavy atom. The van der Waals surface area contributed by atoms with Gasteiger partial charge in [0.15, 0.2) is 0 Å².